The fraction of sp³-hybridized carbons (Fsp3) is 0.444. The molecule has 0 heterocycles. The summed E-state index contributed by atoms with van der Waals surface area (Å²) in [5, 5.41) is 2.62. The Bertz CT molecular complexity index is 599. The number of benzene rings is 1. The molecule has 0 saturated heterocycles. The van der Waals surface area contributed by atoms with Crippen LogP contribution in [0.4, 0.5) is 0 Å². The van der Waals surface area contributed by atoms with E-state index in [0.29, 0.717) is 11.5 Å². The monoisotopic (exact) mass is 334 g/mol. The van der Waals surface area contributed by atoms with Gasteiger partial charge in [0.2, 0.25) is 5.91 Å². The number of hydrogen-bond donors (Lipinski definition) is 2. The van der Waals surface area contributed by atoms with Gasteiger partial charge in [0.1, 0.15) is 6.04 Å². The van der Waals surface area contributed by atoms with Crippen molar-refractivity contribution in [1.82, 2.24) is 5.32 Å². The van der Waals surface area contributed by atoms with Crippen LogP contribution in [0.15, 0.2) is 24.3 Å². The third-order valence-corrected chi connectivity index (χ3v) is 3.74. The molecule has 1 rings (SSSR count). The average molecular weight is 334 g/mol. The highest BCUT2D eigenvalue weighted by atomic mass is 16.5. The molecule has 132 valence electrons. The number of rotatable bonds is 9. The zero-order valence-electron chi connectivity index (χ0n) is 14.7. The Balaban J connectivity index is 2.71. The van der Waals surface area contributed by atoms with Crippen LogP contribution in [0.3, 0.4) is 0 Å². The van der Waals surface area contributed by atoms with Gasteiger partial charge in [-0.15, -0.1) is 0 Å². The summed E-state index contributed by atoms with van der Waals surface area (Å²) in [7, 11) is 1.54. The summed E-state index contributed by atoms with van der Waals surface area (Å²) in [6.07, 6.45) is 4.58. The molecule has 0 aromatic heterocycles. The molecule has 0 spiro atoms. The number of hydrogen-bond acceptors (Lipinski definition) is 4. The molecular formula is C18H26N2O4. The third kappa shape index (κ3) is 5.61. The normalized spacial score (nSPS) is 13.3. The number of methoxy groups -OCH3 is 1. The van der Waals surface area contributed by atoms with E-state index in [1.165, 1.54) is 7.11 Å². The highest BCUT2D eigenvalue weighted by Crippen LogP contribution is 2.28. The van der Waals surface area contributed by atoms with Crippen molar-refractivity contribution in [2.75, 3.05) is 13.7 Å². The first-order valence-electron chi connectivity index (χ1n) is 7.95. The Morgan fingerprint density at radius 3 is 2.58 bits per heavy atom. The van der Waals surface area contributed by atoms with E-state index < -0.39 is 17.9 Å². The molecule has 6 nitrogen and oxygen atoms in total. The maximum absolute atomic E-state index is 12.0. The molecule has 0 fully saturated rings. The molecule has 1 aromatic rings. The van der Waals surface area contributed by atoms with Gasteiger partial charge in [-0.2, -0.15) is 0 Å². The molecule has 0 aliphatic carbocycles. The van der Waals surface area contributed by atoms with Crippen LogP contribution in [0.1, 0.15) is 32.8 Å². The van der Waals surface area contributed by atoms with Gasteiger partial charge in [0.25, 0.3) is 5.91 Å². The lowest BCUT2D eigenvalue weighted by atomic mass is 9.99. The zero-order chi connectivity index (χ0) is 18.1. The summed E-state index contributed by atoms with van der Waals surface area (Å²) < 4.78 is 10.8. The third-order valence-electron chi connectivity index (χ3n) is 3.74. The van der Waals surface area contributed by atoms with Crippen LogP contribution in [-0.4, -0.2) is 31.6 Å². The maximum atomic E-state index is 12.0. The van der Waals surface area contributed by atoms with Crippen molar-refractivity contribution < 1.29 is 19.1 Å². The predicted octanol–water partition coefficient (Wildman–Crippen LogP) is 2.12. The number of nitrogens with two attached hydrogens (primary N) is 1. The Morgan fingerprint density at radius 2 is 2.04 bits per heavy atom. The molecule has 0 radical (unpaired) electrons. The largest absolute Gasteiger partial charge is 0.493 e. The number of carbonyl (C=O) groups is 2. The number of carbonyl (C=O) groups excluding carboxylic acids is 2. The smallest absolute Gasteiger partial charge is 0.258 e. The zero-order valence-corrected chi connectivity index (χ0v) is 14.7. The van der Waals surface area contributed by atoms with Crippen LogP contribution in [-0.2, 0) is 9.59 Å². The van der Waals surface area contributed by atoms with Crippen molar-refractivity contribution in [3.05, 3.63) is 29.8 Å². The van der Waals surface area contributed by atoms with E-state index in [0.717, 1.165) is 12.0 Å². The molecule has 0 bridgehead atoms. The fourth-order valence-corrected chi connectivity index (χ4v) is 2.19. The molecule has 0 aliphatic heterocycles. The van der Waals surface area contributed by atoms with Crippen molar-refractivity contribution in [3.63, 3.8) is 0 Å². The van der Waals surface area contributed by atoms with Gasteiger partial charge in [0.05, 0.1) is 7.11 Å². The van der Waals surface area contributed by atoms with Crippen LogP contribution in [0.25, 0.3) is 6.08 Å². The minimum atomic E-state index is -0.704. The Hall–Kier alpha value is -2.50. The molecule has 2 atom stereocenters. The van der Waals surface area contributed by atoms with Crippen LogP contribution in [0.5, 0.6) is 11.5 Å². The molecule has 2 amide bonds. The molecule has 0 saturated carbocycles. The average Bonchev–Trinajstić information content (AvgIpc) is 2.57. The second kappa shape index (κ2) is 9.60. The highest BCUT2D eigenvalue weighted by molar-refractivity contribution is 5.87. The fourth-order valence-electron chi connectivity index (χ4n) is 2.19. The molecule has 6 heteroatoms. The molecule has 1 aromatic carbocycles. The molecule has 24 heavy (non-hydrogen) atoms. The Labute approximate surface area is 143 Å². The summed E-state index contributed by atoms with van der Waals surface area (Å²) in [6, 6.07) is 4.71. The summed E-state index contributed by atoms with van der Waals surface area (Å²) in [4.78, 5) is 23.5. The van der Waals surface area contributed by atoms with Gasteiger partial charge in [0.15, 0.2) is 18.1 Å². The first-order chi connectivity index (χ1) is 11.4. The lowest BCUT2D eigenvalue weighted by molar-refractivity contribution is -0.129. The molecular weight excluding hydrogens is 308 g/mol. The van der Waals surface area contributed by atoms with Crippen molar-refractivity contribution in [3.8, 4) is 11.5 Å². The topological polar surface area (TPSA) is 90.6 Å². The number of primary amides is 1. The summed E-state index contributed by atoms with van der Waals surface area (Å²) in [6.45, 7) is 5.49. The van der Waals surface area contributed by atoms with Gasteiger partial charge in [-0.1, -0.05) is 38.5 Å². The number of nitrogens with one attached hydrogen (secondary N) is 1. The molecule has 3 N–H and O–H groups in total. The van der Waals surface area contributed by atoms with Gasteiger partial charge in [0, 0.05) is 0 Å². The predicted molar refractivity (Wildman–Crippen MR) is 93.8 cm³/mol. The van der Waals surface area contributed by atoms with Gasteiger partial charge in [-0.25, -0.2) is 0 Å². The van der Waals surface area contributed by atoms with Crippen LogP contribution in [0, 0.1) is 5.92 Å². The van der Waals surface area contributed by atoms with E-state index in [2.05, 4.69) is 5.32 Å². The standard InChI is InChI=1S/C18H26N2O4/c1-5-7-13-8-9-14(15(10-13)23-4)24-11-16(21)20-17(18(19)22)12(3)6-2/h5,7-10,12,17H,6,11H2,1-4H3,(H2,19,22)(H,20,21)/b7-5+/t12-,17-/m0/s1. The van der Waals surface area contributed by atoms with Gasteiger partial charge in [-0.05, 0) is 30.5 Å². The Morgan fingerprint density at radius 1 is 1.33 bits per heavy atom. The number of ether oxygens (including phenoxy) is 2. The van der Waals surface area contributed by atoms with E-state index in [9.17, 15) is 9.59 Å². The van der Waals surface area contributed by atoms with Crippen molar-refractivity contribution >= 4 is 17.9 Å². The minimum Gasteiger partial charge on any atom is -0.493 e. The molecule has 0 unspecified atom stereocenters. The first-order valence-corrected chi connectivity index (χ1v) is 7.95. The van der Waals surface area contributed by atoms with Gasteiger partial charge < -0.3 is 20.5 Å². The van der Waals surface area contributed by atoms with Crippen molar-refractivity contribution in [1.29, 1.82) is 0 Å². The number of allylic oxidation sites excluding steroid dienone is 1. The minimum absolute atomic E-state index is 0.0406. The first kappa shape index (κ1) is 19.5. The van der Waals surface area contributed by atoms with Crippen LogP contribution in [0.2, 0.25) is 0 Å². The maximum Gasteiger partial charge on any atom is 0.258 e. The van der Waals surface area contributed by atoms with Crippen molar-refractivity contribution in [2.24, 2.45) is 11.7 Å². The highest BCUT2D eigenvalue weighted by Gasteiger charge is 2.23. The number of amides is 2. The SMILES string of the molecule is C/C=C/c1ccc(OCC(=O)N[C@H](C(N)=O)[C@@H](C)CC)c(OC)c1. The van der Waals surface area contributed by atoms with E-state index in [4.69, 9.17) is 15.2 Å². The van der Waals surface area contributed by atoms with E-state index in [1.807, 2.05) is 45.1 Å². The lowest BCUT2D eigenvalue weighted by Crippen LogP contribution is -2.49. The second-order valence-corrected chi connectivity index (χ2v) is 5.53. The van der Waals surface area contributed by atoms with E-state index in [-0.39, 0.29) is 12.5 Å². The summed E-state index contributed by atoms with van der Waals surface area (Å²) in [5.74, 6) is -0.00221. The Kier molecular flexibility index (Phi) is 7.82. The van der Waals surface area contributed by atoms with Crippen LogP contribution < -0.4 is 20.5 Å². The quantitative estimate of drug-likeness (QED) is 0.724. The van der Waals surface area contributed by atoms with Crippen molar-refractivity contribution in [2.45, 2.75) is 33.2 Å². The molecule has 0 aliphatic rings. The summed E-state index contributed by atoms with van der Waals surface area (Å²) >= 11 is 0. The second-order valence-electron chi connectivity index (χ2n) is 5.53. The van der Waals surface area contributed by atoms with Gasteiger partial charge in [-0.3, -0.25) is 9.59 Å². The van der Waals surface area contributed by atoms with E-state index >= 15 is 0 Å². The lowest BCUT2D eigenvalue weighted by Gasteiger charge is -2.21. The van der Waals surface area contributed by atoms with Crippen LogP contribution >= 0.6 is 0 Å². The van der Waals surface area contributed by atoms with Gasteiger partial charge >= 0.3 is 0 Å². The summed E-state index contributed by atoms with van der Waals surface area (Å²) in [5.41, 5.74) is 6.31. The van der Waals surface area contributed by atoms with E-state index in [1.54, 1.807) is 6.07 Å².